The Bertz CT molecular complexity index is 282. The molecule has 0 aromatic carbocycles. The van der Waals surface area contributed by atoms with Crippen molar-refractivity contribution in [2.45, 2.75) is 51.6 Å². The summed E-state index contributed by atoms with van der Waals surface area (Å²) in [5.74, 6) is 0.126. The van der Waals surface area contributed by atoms with Crippen LogP contribution in [0.1, 0.15) is 46.0 Å². The highest BCUT2D eigenvalue weighted by Crippen LogP contribution is 2.41. The zero-order valence-electron chi connectivity index (χ0n) is 12.3. The van der Waals surface area contributed by atoms with Crippen LogP contribution in [0.3, 0.4) is 0 Å². The van der Waals surface area contributed by atoms with Crippen LogP contribution in [0.15, 0.2) is 0 Å². The lowest BCUT2D eigenvalue weighted by Crippen LogP contribution is -2.50. The van der Waals surface area contributed by atoms with Crippen molar-refractivity contribution in [3.05, 3.63) is 0 Å². The smallest absolute Gasteiger partial charge is 0.226 e. The molecule has 0 aromatic heterocycles. The molecule has 1 rings (SSSR count). The van der Waals surface area contributed by atoms with Gasteiger partial charge in [-0.05, 0) is 40.3 Å². The third-order valence-electron chi connectivity index (χ3n) is 4.01. The first kappa shape index (κ1) is 15.4. The zero-order valence-corrected chi connectivity index (χ0v) is 12.3. The normalized spacial score (nSPS) is 21.9. The topological polar surface area (TPSA) is 52.6 Å². The summed E-state index contributed by atoms with van der Waals surface area (Å²) in [5, 5.41) is 13.1. The van der Waals surface area contributed by atoms with Gasteiger partial charge in [0.15, 0.2) is 0 Å². The van der Waals surface area contributed by atoms with Crippen molar-refractivity contribution in [3.8, 4) is 0 Å². The number of hydrogen-bond donors (Lipinski definition) is 2. The Labute approximate surface area is 111 Å². The maximum absolute atomic E-state index is 12.3. The van der Waals surface area contributed by atoms with Crippen LogP contribution in [0.5, 0.6) is 0 Å². The van der Waals surface area contributed by atoms with Crippen molar-refractivity contribution in [1.29, 1.82) is 0 Å². The van der Waals surface area contributed by atoms with Gasteiger partial charge in [-0.25, -0.2) is 0 Å². The minimum atomic E-state index is -0.868. The van der Waals surface area contributed by atoms with Crippen LogP contribution in [0.2, 0.25) is 0 Å². The average Bonchev–Trinajstić information content (AvgIpc) is 2.74. The lowest BCUT2D eigenvalue weighted by atomic mass is 9.82. The van der Waals surface area contributed by atoms with Crippen molar-refractivity contribution in [1.82, 2.24) is 10.2 Å². The molecule has 1 saturated carbocycles. The molecule has 1 aliphatic rings. The molecule has 0 radical (unpaired) electrons. The Balaban J connectivity index is 2.50. The summed E-state index contributed by atoms with van der Waals surface area (Å²) in [6.07, 6.45) is 5.18. The van der Waals surface area contributed by atoms with E-state index in [0.29, 0.717) is 13.1 Å². The summed E-state index contributed by atoms with van der Waals surface area (Å²) in [4.78, 5) is 14.2. The Kier molecular flexibility index (Phi) is 5.17. The number of carbonyl (C=O) groups is 1. The first-order chi connectivity index (χ1) is 8.31. The number of hydrogen-bond acceptors (Lipinski definition) is 3. The minimum absolute atomic E-state index is 0.126. The van der Waals surface area contributed by atoms with Crippen molar-refractivity contribution in [2.24, 2.45) is 5.41 Å². The molecule has 1 amide bonds. The number of likely N-dealkylation sites (N-methyl/N-ethyl adjacent to an activating group) is 1. The number of aliphatic hydroxyl groups is 1. The summed E-state index contributed by atoms with van der Waals surface area (Å²) in [6, 6.07) is 0. The van der Waals surface area contributed by atoms with Gasteiger partial charge in [-0.3, -0.25) is 4.79 Å². The number of rotatable bonds is 6. The Morgan fingerprint density at radius 1 is 1.39 bits per heavy atom. The second-order valence-electron chi connectivity index (χ2n) is 6.26. The lowest BCUT2D eigenvalue weighted by Gasteiger charge is -2.31. The molecule has 0 heterocycles. The third kappa shape index (κ3) is 3.95. The fraction of sp³-hybridized carbons (Fsp3) is 0.929. The first-order valence-electron chi connectivity index (χ1n) is 6.97. The number of carbonyl (C=O) groups excluding carboxylic acids is 1. The van der Waals surface area contributed by atoms with Crippen molar-refractivity contribution < 1.29 is 9.90 Å². The van der Waals surface area contributed by atoms with Crippen LogP contribution in [-0.4, -0.2) is 48.7 Å². The molecule has 0 saturated heterocycles. The van der Waals surface area contributed by atoms with E-state index in [9.17, 15) is 9.90 Å². The molecular formula is C14H28N2O2. The van der Waals surface area contributed by atoms with Crippen molar-refractivity contribution >= 4 is 5.91 Å². The molecule has 2 N–H and O–H groups in total. The maximum atomic E-state index is 12.3. The molecule has 1 aliphatic carbocycles. The van der Waals surface area contributed by atoms with Crippen LogP contribution in [-0.2, 0) is 4.79 Å². The van der Waals surface area contributed by atoms with Gasteiger partial charge in [0, 0.05) is 18.5 Å². The van der Waals surface area contributed by atoms with Gasteiger partial charge in [0.05, 0.1) is 5.60 Å². The van der Waals surface area contributed by atoms with Gasteiger partial charge < -0.3 is 15.3 Å². The largest absolute Gasteiger partial charge is 0.387 e. The van der Waals surface area contributed by atoms with E-state index in [1.807, 2.05) is 19.0 Å². The predicted molar refractivity (Wildman–Crippen MR) is 73.4 cm³/mol. The Morgan fingerprint density at radius 3 is 2.39 bits per heavy atom. The lowest BCUT2D eigenvalue weighted by molar-refractivity contribution is -0.132. The molecule has 1 unspecified atom stereocenters. The fourth-order valence-corrected chi connectivity index (χ4v) is 2.99. The van der Waals surface area contributed by atoms with E-state index >= 15 is 0 Å². The van der Waals surface area contributed by atoms with Crippen LogP contribution in [0.4, 0.5) is 0 Å². The number of amides is 1. The quantitative estimate of drug-likeness (QED) is 0.755. The second kappa shape index (κ2) is 6.02. The summed E-state index contributed by atoms with van der Waals surface area (Å²) >= 11 is 0. The van der Waals surface area contributed by atoms with Crippen LogP contribution in [0.25, 0.3) is 0 Å². The molecule has 1 fully saturated rings. The van der Waals surface area contributed by atoms with Gasteiger partial charge in [-0.1, -0.05) is 19.8 Å². The van der Waals surface area contributed by atoms with Gasteiger partial charge >= 0.3 is 0 Å². The van der Waals surface area contributed by atoms with E-state index in [2.05, 4.69) is 12.2 Å². The molecule has 4 nitrogen and oxygen atoms in total. The van der Waals surface area contributed by atoms with Gasteiger partial charge in [0.2, 0.25) is 5.91 Å². The van der Waals surface area contributed by atoms with E-state index < -0.39 is 5.60 Å². The van der Waals surface area contributed by atoms with E-state index in [-0.39, 0.29) is 11.3 Å². The van der Waals surface area contributed by atoms with Crippen LogP contribution >= 0.6 is 0 Å². The highest BCUT2D eigenvalue weighted by atomic mass is 16.3. The first-order valence-corrected chi connectivity index (χ1v) is 6.97. The van der Waals surface area contributed by atoms with Crippen LogP contribution in [0, 0.1) is 5.41 Å². The zero-order chi connectivity index (χ0) is 13.8. The van der Waals surface area contributed by atoms with Gasteiger partial charge in [-0.15, -0.1) is 0 Å². The second-order valence-corrected chi connectivity index (χ2v) is 6.26. The highest BCUT2D eigenvalue weighted by Gasteiger charge is 2.39. The summed E-state index contributed by atoms with van der Waals surface area (Å²) in [6.45, 7) is 4.72. The van der Waals surface area contributed by atoms with Gasteiger partial charge in [0.25, 0.3) is 0 Å². The minimum Gasteiger partial charge on any atom is -0.387 e. The van der Waals surface area contributed by atoms with Crippen molar-refractivity contribution in [3.63, 3.8) is 0 Å². The van der Waals surface area contributed by atoms with E-state index in [4.69, 9.17) is 0 Å². The van der Waals surface area contributed by atoms with E-state index in [0.717, 1.165) is 32.1 Å². The Morgan fingerprint density at radius 2 is 1.94 bits per heavy atom. The third-order valence-corrected chi connectivity index (χ3v) is 4.01. The fourth-order valence-electron chi connectivity index (χ4n) is 2.99. The average molecular weight is 256 g/mol. The molecule has 4 heteroatoms. The molecule has 0 aliphatic heterocycles. The maximum Gasteiger partial charge on any atom is 0.226 e. The van der Waals surface area contributed by atoms with Crippen molar-refractivity contribution in [2.75, 3.05) is 27.2 Å². The predicted octanol–water partition coefficient (Wildman–Crippen LogP) is 1.39. The summed E-state index contributed by atoms with van der Waals surface area (Å²) in [7, 11) is 3.83. The molecule has 18 heavy (non-hydrogen) atoms. The van der Waals surface area contributed by atoms with Gasteiger partial charge in [0.1, 0.15) is 0 Å². The summed E-state index contributed by atoms with van der Waals surface area (Å²) in [5.41, 5.74) is -1.04. The molecule has 1 atom stereocenters. The molecule has 0 bridgehead atoms. The monoisotopic (exact) mass is 256 g/mol. The molecular weight excluding hydrogens is 228 g/mol. The van der Waals surface area contributed by atoms with E-state index in [1.165, 1.54) is 0 Å². The van der Waals surface area contributed by atoms with E-state index in [1.54, 1.807) is 6.92 Å². The number of nitrogens with zero attached hydrogens (tertiary/aromatic N) is 1. The molecule has 106 valence electrons. The standard InChI is InChI=1S/C14H28N2O2/c1-5-14(8-6-7-9-14)12(17)15-10-13(2,18)11-16(3)4/h18H,5-11H2,1-4H3,(H,15,17). The SMILES string of the molecule is CCC1(C(=O)NCC(C)(O)CN(C)C)CCCC1. The summed E-state index contributed by atoms with van der Waals surface area (Å²) < 4.78 is 0. The van der Waals surface area contributed by atoms with Crippen LogP contribution < -0.4 is 5.32 Å². The Hall–Kier alpha value is -0.610. The molecule has 0 spiro atoms. The highest BCUT2D eigenvalue weighted by molar-refractivity contribution is 5.82. The number of nitrogens with one attached hydrogen (secondary N) is 1. The molecule has 0 aromatic rings. The van der Waals surface area contributed by atoms with Gasteiger partial charge in [-0.2, -0.15) is 0 Å².